The van der Waals surface area contributed by atoms with Gasteiger partial charge in [-0.05, 0) is 0 Å². The van der Waals surface area contributed by atoms with Crippen LogP contribution in [-0.2, 0) is 20.1 Å². The van der Waals surface area contributed by atoms with Gasteiger partial charge in [-0.3, -0.25) is 0 Å². The normalized spacial score (nSPS) is 28.8. The minimum absolute atomic E-state index is 0. The Kier molecular flexibility index (Phi) is 9.39. The average Bonchev–Trinajstić information content (AvgIpc) is 2.81. The predicted octanol–water partition coefficient (Wildman–Crippen LogP) is 7.34. The summed E-state index contributed by atoms with van der Waals surface area (Å²) in [6.45, 7) is 1.04. The molecule has 0 aromatic heterocycles. The number of nitrogens with zero attached hydrogens (tertiary/aromatic N) is 2. The third-order valence-corrected chi connectivity index (χ3v) is 6.47. The largest absolute Gasteiger partial charge is 0.657 e. The molecule has 1 aliphatic carbocycles. The van der Waals surface area contributed by atoms with Crippen molar-refractivity contribution in [2.45, 2.75) is 75.9 Å². The first kappa shape index (κ1) is 22.7. The van der Waals surface area contributed by atoms with Crippen molar-refractivity contribution in [2.24, 2.45) is 5.92 Å². The molecule has 2 nitrogen and oxygen atoms in total. The summed E-state index contributed by atoms with van der Waals surface area (Å²) in [5, 5.41) is 9.61. The number of piperidine rings is 2. The van der Waals surface area contributed by atoms with Crippen LogP contribution in [0.1, 0.15) is 81.0 Å². The SMILES string of the molecule is [Ir].[c-]1ccccc1C1CCC2CCCCC2[N-]1.[c-]1ccccc1C1CCCC[N-]1. The Hall–Kier alpha value is -0.991. The molecule has 4 atom stereocenters. The molecular formula is C26H32IrN2-4. The van der Waals surface area contributed by atoms with Gasteiger partial charge in [0.15, 0.2) is 0 Å². The Morgan fingerprint density at radius 2 is 1.38 bits per heavy atom. The van der Waals surface area contributed by atoms with Crippen molar-refractivity contribution in [1.82, 2.24) is 0 Å². The second kappa shape index (κ2) is 12.0. The first-order valence-electron chi connectivity index (χ1n) is 11.2. The van der Waals surface area contributed by atoms with Gasteiger partial charge in [0, 0.05) is 20.1 Å². The van der Waals surface area contributed by atoms with Gasteiger partial charge in [-0.1, -0.05) is 63.7 Å². The van der Waals surface area contributed by atoms with Crippen LogP contribution in [0.4, 0.5) is 0 Å². The molecular weight excluding hydrogens is 533 g/mol. The summed E-state index contributed by atoms with van der Waals surface area (Å²) < 4.78 is 0. The average molecular weight is 565 g/mol. The first-order chi connectivity index (χ1) is 13.9. The van der Waals surface area contributed by atoms with E-state index in [1.807, 2.05) is 24.3 Å². The van der Waals surface area contributed by atoms with Crippen LogP contribution < -0.4 is 0 Å². The maximum Gasteiger partial charge on any atom is 0 e. The van der Waals surface area contributed by atoms with Crippen molar-refractivity contribution in [2.75, 3.05) is 6.54 Å². The van der Waals surface area contributed by atoms with Crippen molar-refractivity contribution in [1.29, 1.82) is 0 Å². The second-order valence-electron chi connectivity index (χ2n) is 8.41. The van der Waals surface area contributed by atoms with Gasteiger partial charge in [-0.2, -0.15) is 71.8 Å². The molecule has 5 rings (SSSR count). The summed E-state index contributed by atoms with van der Waals surface area (Å²) in [4.78, 5) is 0. The fourth-order valence-electron chi connectivity index (χ4n) is 4.91. The molecule has 2 saturated heterocycles. The third kappa shape index (κ3) is 6.49. The fraction of sp³-hybridized carbons (Fsp3) is 0.538. The monoisotopic (exact) mass is 565 g/mol. The van der Waals surface area contributed by atoms with Crippen LogP contribution in [0.25, 0.3) is 10.6 Å². The molecule has 2 aromatic rings. The summed E-state index contributed by atoms with van der Waals surface area (Å²) >= 11 is 0. The summed E-state index contributed by atoms with van der Waals surface area (Å²) in [6.07, 6.45) is 12.0. The van der Waals surface area contributed by atoms with E-state index in [0.29, 0.717) is 18.1 Å². The minimum atomic E-state index is 0. The van der Waals surface area contributed by atoms with Crippen LogP contribution >= 0.6 is 0 Å². The molecule has 1 radical (unpaired) electrons. The van der Waals surface area contributed by atoms with E-state index in [1.165, 1.54) is 68.9 Å². The molecule has 4 unspecified atom stereocenters. The Morgan fingerprint density at radius 1 is 0.690 bits per heavy atom. The Morgan fingerprint density at radius 3 is 2.03 bits per heavy atom. The molecule has 3 heteroatoms. The predicted molar refractivity (Wildman–Crippen MR) is 116 cm³/mol. The van der Waals surface area contributed by atoms with Crippen molar-refractivity contribution in [3.05, 3.63) is 82.4 Å². The minimum Gasteiger partial charge on any atom is -0.657 e. The summed E-state index contributed by atoms with van der Waals surface area (Å²) in [5.74, 6) is 0.897. The van der Waals surface area contributed by atoms with Gasteiger partial charge in [-0.15, -0.1) is 24.7 Å². The van der Waals surface area contributed by atoms with Gasteiger partial charge < -0.3 is 10.6 Å². The topological polar surface area (TPSA) is 28.2 Å². The summed E-state index contributed by atoms with van der Waals surface area (Å²) in [5.41, 5.74) is 2.56. The Balaban J connectivity index is 0.000000167. The molecule has 2 aliphatic heterocycles. The zero-order chi connectivity index (χ0) is 19.0. The molecule has 0 bridgehead atoms. The first-order valence-corrected chi connectivity index (χ1v) is 11.2. The molecule has 159 valence electrons. The third-order valence-electron chi connectivity index (χ3n) is 6.47. The van der Waals surface area contributed by atoms with Gasteiger partial charge in [0.2, 0.25) is 0 Å². The van der Waals surface area contributed by atoms with Crippen molar-refractivity contribution in [3.8, 4) is 0 Å². The molecule has 0 spiro atoms. The van der Waals surface area contributed by atoms with Crippen LogP contribution in [0.15, 0.2) is 48.5 Å². The molecule has 1 saturated carbocycles. The number of rotatable bonds is 2. The van der Waals surface area contributed by atoms with Crippen LogP contribution in [0.2, 0.25) is 0 Å². The van der Waals surface area contributed by atoms with Gasteiger partial charge in [0.25, 0.3) is 0 Å². The Bertz CT molecular complexity index is 684. The van der Waals surface area contributed by atoms with Gasteiger partial charge >= 0.3 is 0 Å². The molecule has 3 aliphatic rings. The van der Waals surface area contributed by atoms with Crippen LogP contribution in [-0.4, -0.2) is 12.6 Å². The number of hydrogen-bond donors (Lipinski definition) is 0. The van der Waals surface area contributed by atoms with Gasteiger partial charge in [-0.25, -0.2) is 0 Å². The summed E-state index contributed by atoms with van der Waals surface area (Å²) in [7, 11) is 0. The van der Waals surface area contributed by atoms with E-state index in [-0.39, 0.29) is 20.1 Å². The van der Waals surface area contributed by atoms with Crippen molar-refractivity contribution >= 4 is 0 Å². The molecule has 2 heterocycles. The summed E-state index contributed by atoms with van der Waals surface area (Å²) in [6, 6.07) is 24.6. The van der Waals surface area contributed by atoms with Gasteiger partial charge in [0.1, 0.15) is 0 Å². The van der Waals surface area contributed by atoms with E-state index in [0.717, 1.165) is 12.5 Å². The second-order valence-corrected chi connectivity index (χ2v) is 8.41. The zero-order valence-corrected chi connectivity index (χ0v) is 19.6. The van der Waals surface area contributed by atoms with Crippen LogP contribution in [0.5, 0.6) is 0 Å². The van der Waals surface area contributed by atoms with E-state index in [4.69, 9.17) is 5.32 Å². The van der Waals surface area contributed by atoms with Crippen LogP contribution in [0, 0.1) is 18.1 Å². The number of benzene rings is 2. The standard InChI is InChI=1S/C15H19N.C11H13N.Ir/c1-2-6-12(7-3-1)15-11-10-13-8-4-5-9-14(13)16-15;1-2-6-10(7-3-1)11-8-4-5-9-12-11;/h1-3,6,13-15H,4-5,8-11H2;1-3,6,11H,4-5,8-9H2;/q2*-2;. The van der Waals surface area contributed by atoms with E-state index in [9.17, 15) is 0 Å². The smallest absolute Gasteiger partial charge is 0 e. The van der Waals surface area contributed by atoms with E-state index in [1.54, 1.807) is 0 Å². The molecule has 0 amide bonds. The molecule has 3 fully saturated rings. The zero-order valence-electron chi connectivity index (χ0n) is 17.2. The van der Waals surface area contributed by atoms with E-state index in [2.05, 4.69) is 41.7 Å². The van der Waals surface area contributed by atoms with E-state index < -0.39 is 0 Å². The quantitative estimate of drug-likeness (QED) is 0.342. The number of hydrogen-bond acceptors (Lipinski definition) is 0. The maximum atomic E-state index is 5.04. The Labute approximate surface area is 190 Å². The maximum absolute atomic E-state index is 5.04. The number of fused-ring (bicyclic) bond motifs is 1. The molecule has 2 aromatic carbocycles. The van der Waals surface area contributed by atoms with Gasteiger partial charge in [0.05, 0.1) is 0 Å². The van der Waals surface area contributed by atoms with Crippen molar-refractivity contribution < 1.29 is 20.1 Å². The molecule has 29 heavy (non-hydrogen) atoms. The molecule has 0 N–H and O–H groups in total. The van der Waals surface area contributed by atoms with E-state index >= 15 is 0 Å². The van der Waals surface area contributed by atoms with Crippen LogP contribution in [0.3, 0.4) is 0 Å². The fourth-order valence-corrected chi connectivity index (χ4v) is 4.91. The van der Waals surface area contributed by atoms with Crippen molar-refractivity contribution in [3.63, 3.8) is 0 Å².